The van der Waals surface area contributed by atoms with E-state index in [9.17, 15) is 4.79 Å². The highest BCUT2D eigenvalue weighted by atomic mass is 16.4. The zero-order valence-corrected chi connectivity index (χ0v) is 12.0. The number of nitrogens with zero attached hydrogens (tertiary/aromatic N) is 3. The number of benzene rings is 1. The zero-order valence-electron chi connectivity index (χ0n) is 12.0. The molecular weight excluding hydrogens is 256 g/mol. The van der Waals surface area contributed by atoms with Crippen LogP contribution in [-0.2, 0) is 12.6 Å². The maximum absolute atomic E-state index is 10.9. The number of hydrogen-bond acceptors (Lipinski definition) is 3. The van der Waals surface area contributed by atoms with Crippen LogP contribution in [0.5, 0.6) is 0 Å². The average molecular weight is 274 g/mol. The highest BCUT2D eigenvalue weighted by molar-refractivity contribution is 5.66. The number of nitrogens with one attached hydrogen (secondary N) is 1. The first kappa shape index (κ1) is 14.0. The lowest BCUT2D eigenvalue weighted by Gasteiger charge is -2.23. The summed E-state index contributed by atoms with van der Waals surface area (Å²) in [5, 5.41) is 19.7. The summed E-state index contributed by atoms with van der Waals surface area (Å²) >= 11 is 0. The smallest absolute Gasteiger partial charge is 0.405 e. The summed E-state index contributed by atoms with van der Waals surface area (Å²) in [6, 6.07) is 7.88. The van der Waals surface area contributed by atoms with Gasteiger partial charge in [0.2, 0.25) is 0 Å². The molecule has 2 N–H and O–H groups in total. The summed E-state index contributed by atoms with van der Waals surface area (Å²) in [6.07, 6.45) is -1.09. The lowest BCUT2D eigenvalue weighted by atomic mass is 10.0. The van der Waals surface area contributed by atoms with Crippen LogP contribution in [0.2, 0.25) is 0 Å². The molecule has 0 unspecified atom stereocenters. The largest absolute Gasteiger partial charge is 0.465 e. The topological polar surface area (TPSA) is 80.0 Å². The van der Waals surface area contributed by atoms with Crippen LogP contribution in [0, 0.1) is 6.92 Å². The van der Waals surface area contributed by atoms with Gasteiger partial charge >= 0.3 is 6.09 Å². The minimum absolute atomic E-state index is 0.568. The molecular formula is C14H18N4O2. The van der Waals surface area contributed by atoms with Crippen molar-refractivity contribution in [3.8, 4) is 11.4 Å². The van der Waals surface area contributed by atoms with E-state index in [-0.39, 0.29) is 0 Å². The van der Waals surface area contributed by atoms with Gasteiger partial charge in [0.25, 0.3) is 0 Å². The van der Waals surface area contributed by atoms with E-state index in [4.69, 9.17) is 5.11 Å². The van der Waals surface area contributed by atoms with Crippen LogP contribution < -0.4 is 5.32 Å². The van der Waals surface area contributed by atoms with E-state index in [2.05, 4.69) is 15.5 Å². The molecule has 1 amide bonds. The Morgan fingerprint density at radius 2 is 1.95 bits per heavy atom. The fraction of sp³-hybridized carbons (Fsp3) is 0.357. The highest BCUT2D eigenvalue weighted by Gasteiger charge is 2.29. The fourth-order valence-corrected chi connectivity index (χ4v) is 2.26. The molecule has 20 heavy (non-hydrogen) atoms. The molecule has 2 aromatic rings. The van der Waals surface area contributed by atoms with Gasteiger partial charge in [0.05, 0.1) is 5.54 Å². The van der Waals surface area contributed by atoms with Gasteiger partial charge < -0.3 is 15.0 Å². The molecule has 0 saturated carbocycles. The standard InChI is InChI=1S/C14H18N4O2/c1-9-7-5-6-8-10(9)11-16-17-12(18(11)4)14(2,3)15-13(19)20/h5-8,15H,1-4H3,(H,19,20). The highest BCUT2D eigenvalue weighted by Crippen LogP contribution is 2.25. The lowest BCUT2D eigenvalue weighted by molar-refractivity contribution is 0.180. The van der Waals surface area contributed by atoms with Gasteiger partial charge in [-0.25, -0.2) is 4.79 Å². The second-order valence-corrected chi connectivity index (χ2v) is 5.28. The van der Waals surface area contributed by atoms with E-state index >= 15 is 0 Å². The summed E-state index contributed by atoms with van der Waals surface area (Å²) in [7, 11) is 1.84. The van der Waals surface area contributed by atoms with E-state index in [0.29, 0.717) is 5.82 Å². The molecule has 0 atom stereocenters. The van der Waals surface area contributed by atoms with Crippen molar-refractivity contribution in [3.63, 3.8) is 0 Å². The predicted octanol–water partition coefficient (Wildman–Crippen LogP) is 2.29. The Bertz CT molecular complexity index is 646. The van der Waals surface area contributed by atoms with Crippen LogP contribution in [0.4, 0.5) is 4.79 Å². The van der Waals surface area contributed by atoms with Gasteiger partial charge in [-0.05, 0) is 26.3 Å². The molecule has 6 nitrogen and oxygen atoms in total. The average Bonchev–Trinajstić information content (AvgIpc) is 2.71. The van der Waals surface area contributed by atoms with Crippen molar-refractivity contribution in [3.05, 3.63) is 35.7 Å². The van der Waals surface area contributed by atoms with Gasteiger partial charge in [0, 0.05) is 12.6 Å². The summed E-state index contributed by atoms with van der Waals surface area (Å²) < 4.78 is 1.82. The maximum Gasteiger partial charge on any atom is 0.405 e. The molecule has 0 radical (unpaired) electrons. The number of aromatic nitrogens is 3. The molecule has 2 rings (SSSR count). The molecule has 0 bridgehead atoms. The first-order valence-electron chi connectivity index (χ1n) is 6.30. The number of carboxylic acid groups (broad SMARTS) is 1. The van der Waals surface area contributed by atoms with Crippen molar-refractivity contribution in [2.24, 2.45) is 7.05 Å². The zero-order chi connectivity index (χ0) is 14.9. The van der Waals surface area contributed by atoms with Crippen LogP contribution in [0.15, 0.2) is 24.3 Å². The SMILES string of the molecule is Cc1ccccc1-c1nnc(C(C)(C)NC(=O)O)n1C. The van der Waals surface area contributed by atoms with Crippen molar-refractivity contribution in [2.75, 3.05) is 0 Å². The molecule has 0 fully saturated rings. The van der Waals surface area contributed by atoms with Crippen molar-refractivity contribution in [1.29, 1.82) is 0 Å². The third kappa shape index (κ3) is 2.49. The first-order chi connectivity index (χ1) is 9.33. The van der Waals surface area contributed by atoms with Crippen LogP contribution in [0.1, 0.15) is 25.2 Å². The van der Waals surface area contributed by atoms with Crippen LogP contribution >= 0.6 is 0 Å². The molecule has 1 aromatic carbocycles. The Morgan fingerprint density at radius 3 is 2.55 bits per heavy atom. The minimum atomic E-state index is -1.09. The van der Waals surface area contributed by atoms with Crippen molar-refractivity contribution in [2.45, 2.75) is 26.3 Å². The third-order valence-electron chi connectivity index (χ3n) is 3.24. The van der Waals surface area contributed by atoms with Gasteiger partial charge in [-0.15, -0.1) is 10.2 Å². The number of aryl methyl sites for hydroxylation is 1. The molecule has 0 aliphatic heterocycles. The third-order valence-corrected chi connectivity index (χ3v) is 3.24. The van der Waals surface area contributed by atoms with Crippen LogP contribution in [0.3, 0.4) is 0 Å². The van der Waals surface area contributed by atoms with Gasteiger partial charge in [-0.1, -0.05) is 24.3 Å². The van der Waals surface area contributed by atoms with E-state index in [0.717, 1.165) is 17.0 Å². The summed E-state index contributed by atoms with van der Waals surface area (Å²) in [4.78, 5) is 10.9. The van der Waals surface area contributed by atoms with Crippen molar-refractivity contribution >= 4 is 6.09 Å². The van der Waals surface area contributed by atoms with Gasteiger partial charge in [-0.3, -0.25) is 0 Å². The second kappa shape index (κ2) is 4.96. The Balaban J connectivity index is 2.47. The monoisotopic (exact) mass is 274 g/mol. The van der Waals surface area contributed by atoms with Crippen LogP contribution in [-0.4, -0.2) is 26.0 Å². The lowest BCUT2D eigenvalue weighted by Crippen LogP contribution is -2.42. The molecule has 0 saturated heterocycles. The molecule has 1 aromatic heterocycles. The van der Waals surface area contributed by atoms with Gasteiger partial charge in [0.15, 0.2) is 11.6 Å². The molecule has 6 heteroatoms. The molecule has 0 aliphatic rings. The van der Waals surface area contributed by atoms with Crippen molar-refractivity contribution < 1.29 is 9.90 Å². The van der Waals surface area contributed by atoms with E-state index in [1.54, 1.807) is 13.8 Å². The second-order valence-electron chi connectivity index (χ2n) is 5.28. The van der Waals surface area contributed by atoms with E-state index < -0.39 is 11.6 Å². The van der Waals surface area contributed by atoms with Crippen LogP contribution in [0.25, 0.3) is 11.4 Å². The molecule has 0 spiro atoms. The quantitative estimate of drug-likeness (QED) is 0.900. The van der Waals surface area contributed by atoms with Gasteiger partial charge in [0.1, 0.15) is 0 Å². The number of carbonyl (C=O) groups is 1. The summed E-state index contributed by atoms with van der Waals surface area (Å²) in [5.41, 5.74) is 1.27. The molecule has 106 valence electrons. The Morgan fingerprint density at radius 1 is 1.30 bits per heavy atom. The molecule has 1 heterocycles. The number of rotatable bonds is 3. The maximum atomic E-state index is 10.9. The van der Waals surface area contributed by atoms with Crippen molar-refractivity contribution in [1.82, 2.24) is 20.1 Å². The predicted molar refractivity (Wildman–Crippen MR) is 75.4 cm³/mol. The minimum Gasteiger partial charge on any atom is -0.465 e. The Kier molecular flexibility index (Phi) is 3.48. The van der Waals surface area contributed by atoms with Gasteiger partial charge in [-0.2, -0.15) is 0 Å². The van der Waals surface area contributed by atoms with E-state index in [1.165, 1.54) is 0 Å². The van der Waals surface area contributed by atoms with E-state index in [1.807, 2.05) is 42.8 Å². The Hall–Kier alpha value is -2.37. The number of hydrogen-bond donors (Lipinski definition) is 2. The Labute approximate surface area is 117 Å². The summed E-state index contributed by atoms with van der Waals surface area (Å²) in [6.45, 7) is 5.52. The summed E-state index contributed by atoms with van der Waals surface area (Å²) in [5.74, 6) is 1.29. The first-order valence-corrected chi connectivity index (χ1v) is 6.30. The number of amides is 1. The molecule has 0 aliphatic carbocycles. The fourth-order valence-electron chi connectivity index (χ4n) is 2.26. The normalized spacial score (nSPS) is 11.4.